The van der Waals surface area contributed by atoms with Gasteiger partial charge in [0.05, 0.1) is 11.4 Å². The molecule has 0 aliphatic carbocycles. The van der Waals surface area contributed by atoms with E-state index in [0.717, 1.165) is 23.4 Å². The zero-order chi connectivity index (χ0) is 13.0. The lowest BCUT2D eigenvalue weighted by molar-refractivity contribution is 0.709. The van der Waals surface area contributed by atoms with Crippen LogP contribution in [-0.2, 0) is 6.42 Å². The Morgan fingerprint density at radius 1 is 0.944 bits per heavy atom. The molecular weight excluding hydrogens is 224 g/mol. The first-order valence-electron chi connectivity index (χ1n) is 6.22. The highest BCUT2D eigenvalue weighted by Crippen LogP contribution is 2.18. The first kappa shape index (κ1) is 12.6. The molecule has 0 fully saturated rings. The van der Waals surface area contributed by atoms with Gasteiger partial charge in [-0.25, -0.2) is 9.97 Å². The van der Waals surface area contributed by atoms with Gasteiger partial charge < -0.3 is 0 Å². The summed E-state index contributed by atoms with van der Waals surface area (Å²) in [5.41, 5.74) is 3.20. The maximum atomic E-state index is 4.63. The summed E-state index contributed by atoms with van der Waals surface area (Å²) in [6.45, 7) is 6.41. The van der Waals surface area contributed by atoms with E-state index >= 15 is 0 Å². The van der Waals surface area contributed by atoms with Crippen molar-refractivity contribution in [3.8, 4) is 0 Å². The number of rotatable bonds is 4. The molecule has 0 aliphatic heterocycles. The molecule has 2 aromatic rings. The smallest absolute Gasteiger partial charge is 0.115 e. The normalized spacial score (nSPS) is 12.7. The van der Waals surface area contributed by atoms with Crippen molar-refractivity contribution in [2.24, 2.45) is 0 Å². The molecule has 0 amide bonds. The van der Waals surface area contributed by atoms with Gasteiger partial charge in [-0.05, 0) is 23.8 Å². The highest BCUT2D eigenvalue weighted by molar-refractivity contribution is 5.14. The van der Waals surface area contributed by atoms with Crippen LogP contribution in [0.5, 0.6) is 0 Å². The fourth-order valence-corrected chi connectivity index (χ4v) is 1.80. The Morgan fingerprint density at radius 3 is 2.33 bits per heavy atom. The molecule has 2 rings (SSSR count). The lowest BCUT2D eigenvalue weighted by Crippen LogP contribution is -2.04. The van der Waals surface area contributed by atoms with Gasteiger partial charge in [0.2, 0.25) is 0 Å². The highest BCUT2D eigenvalue weighted by Gasteiger charge is 2.10. The fourth-order valence-electron chi connectivity index (χ4n) is 1.80. The molecule has 18 heavy (non-hydrogen) atoms. The summed E-state index contributed by atoms with van der Waals surface area (Å²) >= 11 is 0. The van der Waals surface area contributed by atoms with Crippen LogP contribution in [0.4, 0.5) is 0 Å². The second kappa shape index (κ2) is 5.67. The number of nitrogens with zero attached hydrogens (tertiary/aromatic N) is 4. The predicted octanol–water partition coefficient (Wildman–Crippen LogP) is 2.74. The SMILES string of the molecule is CC(C)c1cncc(CC(C)c2cncnc2)n1. The summed E-state index contributed by atoms with van der Waals surface area (Å²) in [6, 6.07) is 0. The van der Waals surface area contributed by atoms with Crippen molar-refractivity contribution in [3.05, 3.63) is 48.1 Å². The minimum atomic E-state index is 0.350. The fraction of sp³-hybridized carbons (Fsp3) is 0.429. The zero-order valence-electron chi connectivity index (χ0n) is 11.0. The van der Waals surface area contributed by atoms with Crippen molar-refractivity contribution in [2.75, 3.05) is 0 Å². The van der Waals surface area contributed by atoms with Gasteiger partial charge in [-0.3, -0.25) is 9.97 Å². The van der Waals surface area contributed by atoms with Crippen molar-refractivity contribution < 1.29 is 0 Å². The topological polar surface area (TPSA) is 51.6 Å². The van der Waals surface area contributed by atoms with Gasteiger partial charge >= 0.3 is 0 Å². The molecule has 1 atom stereocenters. The third-order valence-electron chi connectivity index (χ3n) is 2.96. The van der Waals surface area contributed by atoms with E-state index in [1.807, 2.05) is 24.8 Å². The molecular formula is C14H18N4. The van der Waals surface area contributed by atoms with Crippen LogP contribution in [0.25, 0.3) is 0 Å². The molecule has 0 saturated heterocycles. The van der Waals surface area contributed by atoms with Crippen molar-refractivity contribution >= 4 is 0 Å². The van der Waals surface area contributed by atoms with Crippen molar-refractivity contribution in [2.45, 2.75) is 39.0 Å². The monoisotopic (exact) mass is 242 g/mol. The Labute approximate surface area is 108 Å². The highest BCUT2D eigenvalue weighted by atomic mass is 14.8. The van der Waals surface area contributed by atoms with Gasteiger partial charge in [0.15, 0.2) is 0 Å². The lowest BCUT2D eigenvalue weighted by Gasteiger charge is -2.11. The summed E-state index contributed by atoms with van der Waals surface area (Å²) in [4.78, 5) is 17.0. The Balaban J connectivity index is 2.12. The lowest BCUT2D eigenvalue weighted by atomic mass is 9.99. The minimum absolute atomic E-state index is 0.350. The average Bonchev–Trinajstić information content (AvgIpc) is 2.40. The van der Waals surface area contributed by atoms with Crippen LogP contribution in [0.3, 0.4) is 0 Å². The van der Waals surface area contributed by atoms with E-state index in [1.165, 1.54) is 0 Å². The third kappa shape index (κ3) is 3.09. The molecule has 2 heterocycles. The first-order chi connectivity index (χ1) is 8.66. The second-order valence-electron chi connectivity index (χ2n) is 4.87. The van der Waals surface area contributed by atoms with Crippen LogP contribution in [0, 0.1) is 0 Å². The third-order valence-corrected chi connectivity index (χ3v) is 2.96. The van der Waals surface area contributed by atoms with E-state index in [0.29, 0.717) is 11.8 Å². The molecule has 0 aliphatic rings. The molecule has 1 unspecified atom stereocenters. The summed E-state index contributed by atoms with van der Waals surface area (Å²) in [5, 5.41) is 0. The Morgan fingerprint density at radius 2 is 1.67 bits per heavy atom. The van der Waals surface area contributed by atoms with E-state index in [4.69, 9.17) is 0 Å². The van der Waals surface area contributed by atoms with E-state index < -0.39 is 0 Å². The molecule has 0 bridgehead atoms. The van der Waals surface area contributed by atoms with Crippen LogP contribution in [0.15, 0.2) is 31.1 Å². The summed E-state index contributed by atoms with van der Waals surface area (Å²) in [6.07, 6.45) is 9.81. The van der Waals surface area contributed by atoms with Crippen LogP contribution in [0.2, 0.25) is 0 Å². The van der Waals surface area contributed by atoms with Crippen molar-refractivity contribution in [3.63, 3.8) is 0 Å². The Hall–Kier alpha value is -1.84. The van der Waals surface area contributed by atoms with Gasteiger partial charge in [-0.2, -0.15) is 0 Å². The summed E-state index contributed by atoms with van der Waals surface area (Å²) in [7, 11) is 0. The quantitative estimate of drug-likeness (QED) is 0.827. The van der Waals surface area contributed by atoms with Crippen molar-refractivity contribution in [1.29, 1.82) is 0 Å². The summed E-state index contributed by atoms with van der Waals surface area (Å²) < 4.78 is 0. The first-order valence-corrected chi connectivity index (χ1v) is 6.22. The van der Waals surface area contributed by atoms with Crippen molar-refractivity contribution in [1.82, 2.24) is 19.9 Å². The largest absolute Gasteiger partial charge is 0.261 e. The molecule has 0 saturated carbocycles. The molecule has 0 N–H and O–H groups in total. The number of hydrogen-bond acceptors (Lipinski definition) is 4. The van der Waals surface area contributed by atoms with Gasteiger partial charge in [0.1, 0.15) is 6.33 Å². The van der Waals surface area contributed by atoms with E-state index in [-0.39, 0.29) is 0 Å². The van der Waals surface area contributed by atoms with Crippen LogP contribution >= 0.6 is 0 Å². The van der Waals surface area contributed by atoms with Crippen LogP contribution in [-0.4, -0.2) is 19.9 Å². The maximum Gasteiger partial charge on any atom is 0.115 e. The molecule has 0 radical (unpaired) electrons. The van der Waals surface area contributed by atoms with Gasteiger partial charge in [-0.15, -0.1) is 0 Å². The molecule has 0 aromatic carbocycles. The molecule has 2 aromatic heterocycles. The Kier molecular flexibility index (Phi) is 3.97. The van der Waals surface area contributed by atoms with Gasteiger partial charge in [0, 0.05) is 24.8 Å². The zero-order valence-corrected chi connectivity index (χ0v) is 11.0. The molecule has 4 heteroatoms. The predicted molar refractivity (Wildman–Crippen MR) is 70.3 cm³/mol. The molecule has 4 nitrogen and oxygen atoms in total. The van der Waals surface area contributed by atoms with E-state index in [2.05, 4.69) is 40.7 Å². The number of aromatic nitrogens is 4. The van der Waals surface area contributed by atoms with Gasteiger partial charge in [0.25, 0.3) is 0 Å². The van der Waals surface area contributed by atoms with Crippen LogP contribution < -0.4 is 0 Å². The van der Waals surface area contributed by atoms with E-state index in [9.17, 15) is 0 Å². The van der Waals surface area contributed by atoms with Gasteiger partial charge in [-0.1, -0.05) is 20.8 Å². The second-order valence-corrected chi connectivity index (χ2v) is 4.87. The average molecular weight is 242 g/mol. The molecule has 94 valence electrons. The number of hydrogen-bond donors (Lipinski definition) is 0. The maximum absolute atomic E-state index is 4.63. The Bertz CT molecular complexity index is 496. The minimum Gasteiger partial charge on any atom is -0.261 e. The molecule has 0 spiro atoms. The van der Waals surface area contributed by atoms with Crippen LogP contribution in [0.1, 0.15) is 49.6 Å². The van der Waals surface area contributed by atoms with E-state index in [1.54, 1.807) is 6.33 Å². The standard InChI is InChI=1S/C14H18N4/c1-10(2)14-8-15-7-13(18-14)4-11(3)12-5-16-9-17-6-12/h5-11H,4H2,1-3H3. The summed E-state index contributed by atoms with van der Waals surface area (Å²) in [5.74, 6) is 0.760.